The molecule has 2 N–H and O–H groups in total. The van der Waals surface area contributed by atoms with Gasteiger partial charge in [-0.1, -0.05) is 30.8 Å². The van der Waals surface area contributed by atoms with Gasteiger partial charge >= 0.3 is 0 Å². The van der Waals surface area contributed by atoms with Crippen molar-refractivity contribution in [3.05, 3.63) is 71.6 Å². The number of thiazole rings is 1. The van der Waals surface area contributed by atoms with Gasteiger partial charge in [0.1, 0.15) is 0 Å². The molecular weight excluding hydrogens is 403 g/mol. The minimum Gasteiger partial charge on any atom is -0.305 e. The molecule has 4 rings (SSSR count). The fraction of sp³-hybridized carbons (Fsp3) is 0.182. The second-order valence-corrected chi connectivity index (χ2v) is 8.08. The molecule has 1 aromatic carbocycles. The van der Waals surface area contributed by atoms with Crippen molar-refractivity contribution in [1.82, 2.24) is 9.97 Å². The summed E-state index contributed by atoms with van der Waals surface area (Å²) in [4.78, 5) is 33.2. The van der Waals surface area contributed by atoms with Crippen LogP contribution in [0.3, 0.4) is 0 Å². The fourth-order valence-electron chi connectivity index (χ4n) is 2.97. The Kier molecular flexibility index (Phi) is 5.67. The number of nitrogens with one attached hydrogen (secondary N) is 2. The van der Waals surface area contributed by atoms with Gasteiger partial charge in [-0.25, -0.2) is 14.4 Å². The lowest BCUT2D eigenvalue weighted by Crippen LogP contribution is -2.14. The fourth-order valence-corrected chi connectivity index (χ4v) is 3.97. The molecule has 152 valence electrons. The van der Waals surface area contributed by atoms with Gasteiger partial charge in [-0.05, 0) is 42.0 Å². The summed E-state index contributed by atoms with van der Waals surface area (Å²) < 4.78 is 14.3. The van der Waals surface area contributed by atoms with E-state index in [2.05, 4.69) is 27.2 Å². The first-order valence-electron chi connectivity index (χ1n) is 9.45. The van der Waals surface area contributed by atoms with Crippen LogP contribution >= 0.6 is 11.3 Å². The Hall–Kier alpha value is -3.39. The van der Waals surface area contributed by atoms with Crippen LogP contribution in [-0.4, -0.2) is 21.8 Å². The Morgan fingerprint density at radius 1 is 1.17 bits per heavy atom. The Morgan fingerprint density at radius 3 is 2.73 bits per heavy atom. The van der Waals surface area contributed by atoms with Crippen LogP contribution in [-0.2, 0) is 16.0 Å². The zero-order valence-corrected chi connectivity index (χ0v) is 16.8. The van der Waals surface area contributed by atoms with Crippen LogP contribution < -0.4 is 10.6 Å². The number of carbonyl (C=O) groups excluding carboxylic acids is 2. The minimum atomic E-state index is -0.652. The van der Waals surface area contributed by atoms with E-state index in [0.717, 1.165) is 17.2 Å². The smallest absolute Gasteiger partial charge is 0.248 e. The molecule has 6 nitrogen and oxygen atoms in total. The number of hydrogen-bond acceptors (Lipinski definition) is 5. The lowest BCUT2D eigenvalue weighted by Gasteiger charge is -2.08. The summed E-state index contributed by atoms with van der Waals surface area (Å²) in [6.45, 7) is 3.32. The van der Waals surface area contributed by atoms with Gasteiger partial charge in [-0.3, -0.25) is 9.59 Å². The second kappa shape index (κ2) is 8.54. The lowest BCUT2D eigenvalue weighted by atomic mass is 10.0. The topological polar surface area (TPSA) is 84.0 Å². The van der Waals surface area contributed by atoms with Gasteiger partial charge in [0.15, 0.2) is 16.8 Å². The average molecular weight is 422 g/mol. The molecule has 0 saturated heterocycles. The maximum atomic E-state index is 14.3. The van der Waals surface area contributed by atoms with Crippen LogP contribution in [0.5, 0.6) is 0 Å². The van der Waals surface area contributed by atoms with E-state index in [1.165, 1.54) is 41.3 Å². The highest BCUT2D eigenvalue weighted by atomic mass is 32.1. The third-order valence-corrected chi connectivity index (χ3v) is 5.72. The van der Waals surface area contributed by atoms with Crippen molar-refractivity contribution in [3.8, 4) is 11.1 Å². The first kappa shape index (κ1) is 19.9. The molecule has 2 aromatic heterocycles. The highest BCUT2D eigenvalue weighted by molar-refractivity contribution is 7.15. The number of aromatic nitrogens is 2. The van der Waals surface area contributed by atoms with Crippen molar-refractivity contribution in [1.29, 1.82) is 0 Å². The first-order valence-corrected chi connectivity index (χ1v) is 10.3. The number of benzene rings is 1. The predicted octanol–water partition coefficient (Wildman–Crippen LogP) is 4.53. The number of pyridine rings is 1. The summed E-state index contributed by atoms with van der Waals surface area (Å²) in [7, 11) is 0. The molecule has 0 spiro atoms. The van der Waals surface area contributed by atoms with E-state index < -0.39 is 11.7 Å². The monoisotopic (exact) mass is 422 g/mol. The Bertz CT molecular complexity index is 1120. The highest BCUT2D eigenvalue weighted by Crippen LogP contribution is 2.43. The van der Waals surface area contributed by atoms with Crippen LogP contribution in [0.1, 0.15) is 29.2 Å². The molecule has 0 unspecified atom stereocenters. The first-order chi connectivity index (χ1) is 14.5. The largest absolute Gasteiger partial charge is 0.305 e. The Morgan fingerprint density at radius 2 is 2.00 bits per heavy atom. The molecule has 1 saturated carbocycles. The van der Waals surface area contributed by atoms with Gasteiger partial charge in [0.25, 0.3) is 0 Å². The molecule has 1 aliphatic rings. The molecule has 0 aliphatic heterocycles. The summed E-state index contributed by atoms with van der Waals surface area (Å²) >= 11 is 1.52. The normalized spacial score (nSPS) is 13.0. The van der Waals surface area contributed by atoms with Crippen LogP contribution in [0.25, 0.3) is 11.1 Å². The number of nitrogens with zero attached hydrogens (tertiary/aromatic N) is 2. The standard InChI is InChI=1S/C22H19FN4O2S/c1-2-19(28)26-21-17(23)10-16(11-24-21)15-5-3-4-13(8-15)9-20(29)27-22-25-12-18(30-22)14-6-7-14/h2-5,8,10-12,14H,1,6-7,9H2,(H,24,26,28)(H,25,27,29). The van der Waals surface area contributed by atoms with E-state index in [9.17, 15) is 14.0 Å². The third kappa shape index (κ3) is 4.77. The number of hydrogen-bond donors (Lipinski definition) is 2. The van der Waals surface area contributed by atoms with Crippen molar-refractivity contribution in [2.45, 2.75) is 25.2 Å². The Balaban J connectivity index is 1.44. The zero-order chi connectivity index (χ0) is 21.1. The van der Waals surface area contributed by atoms with Gasteiger partial charge in [0.2, 0.25) is 11.8 Å². The van der Waals surface area contributed by atoms with Gasteiger partial charge in [-0.2, -0.15) is 0 Å². The molecule has 1 fully saturated rings. The highest BCUT2D eigenvalue weighted by Gasteiger charge is 2.26. The molecular formula is C22H19FN4O2S. The van der Waals surface area contributed by atoms with Gasteiger partial charge in [0, 0.05) is 22.8 Å². The summed E-state index contributed by atoms with van der Waals surface area (Å²) in [6.07, 6.45) is 6.91. The maximum absolute atomic E-state index is 14.3. The number of rotatable bonds is 7. The van der Waals surface area contributed by atoms with E-state index >= 15 is 0 Å². The molecule has 3 aromatic rings. The van der Waals surface area contributed by atoms with Crippen LogP contribution in [0.15, 0.2) is 55.4 Å². The van der Waals surface area contributed by atoms with Crippen molar-refractivity contribution in [2.75, 3.05) is 10.6 Å². The van der Waals surface area contributed by atoms with Gasteiger partial charge < -0.3 is 10.6 Å². The molecule has 2 amide bonds. The SMILES string of the molecule is C=CC(=O)Nc1ncc(-c2cccc(CC(=O)Nc3ncc(C4CC4)s3)c2)cc1F. The van der Waals surface area contributed by atoms with E-state index in [4.69, 9.17) is 0 Å². The molecule has 0 radical (unpaired) electrons. The van der Waals surface area contributed by atoms with Gasteiger partial charge in [-0.15, -0.1) is 11.3 Å². The molecule has 0 atom stereocenters. The second-order valence-electron chi connectivity index (χ2n) is 7.02. The summed E-state index contributed by atoms with van der Waals surface area (Å²) in [5, 5.41) is 5.76. The number of anilines is 2. The maximum Gasteiger partial charge on any atom is 0.248 e. The van der Waals surface area contributed by atoms with Crippen LogP contribution in [0.2, 0.25) is 0 Å². The molecule has 8 heteroatoms. The Labute approximate surface area is 176 Å². The van der Waals surface area contributed by atoms with E-state index in [1.807, 2.05) is 24.4 Å². The van der Waals surface area contributed by atoms with E-state index in [0.29, 0.717) is 16.6 Å². The quantitative estimate of drug-likeness (QED) is 0.548. The van der Waals surface area contributed by atoms with Crippen molar-refractivity contribution < 1.29 is 14.0 Å². The summed E-state index contributed by atoms with van der Waals surface area (Å²) in [6, 6.07) is 8.55. The molecule has 2 heterocycles. The summed E-state index contributed by atoms with van der Waals surface area (Å²) in [5.41, 5.74) is 2.05. The van der Waals surface area contributed by atoms with E-state index in [1.54, 1.807) is 6.07 Å². The molecule has 1 aliphatic carbocycles. The average Bonchev–Trinajstić information content (AvgIpc) is 3.49. The predicted molar refractivity (Wildman–Crippen MR) is 115 cm³/mol. The minimum absolute atomic E-state index is 0.157. The van der Waals surface area contributed by atoms with Gasteiger partial charge in [0.05, 0.1) is 6.42 Å². The van der Waals surface area contributed by atoms with Crippen molar-refractivity contribution in [3.63, 3.8) is 0 Å². The van der Waals surface area contributed by atoms with E-state index in [-0.39, 0.29) is 18.1 Å². The number of halogens is 1. The lowest BCUT2D eigenvalue weighted by molar-refractivity contribution is -0.115. The summed E-state index contributed by atoms with van der Waals surface area (Å²) in [5.74, 6) is -0.896. The number of carbonyl (C=O) groups is 2. The zero-order valence-electron chi connectivity index (χ0n) is 16.0. The van der Waals surface area contributed by atoms with Crippen LogP contribution in [0.4, 0.5) is 15.3 Å². The third-order valence-electron chi connectivity index (χ3n) is 4.64. The number of amides is 2. The molecule has 30 heavy (non-hydrogen) atoms. The van der Waals surface area contributed by atoms with Crippen LogP contribution in [0, 0.1) is 5.82 Å². The molecule has 0 bridgehead atoms. The van der Waals surface area contributed by atoms with Crippen molar-refractivity contribution in [2.24, 2.45) is 0 Å². The van der Waals surface area contributed by atoms with Crippen molar-refractivity contribution >= 4 is 34.1 Å².